The molecule has 132 valence electrons. The second-order valence-corrected chi connectivity index (χ2v) is 6.94. The molecule has 2 heterocycles. The van der Waals surface area contributed by atoms with Gasteiger partial charge in [0.1, 0.15) is 11.7 Å². The highest BCUT2D eigenvalue weighted by atomic mass is 16.7. The Bertz CT molecular complexity index is 424. The molecule has 8 nitrogen and oxygen atoms in total. The van der Waals surface area contributed by atoms with Crippen LogP contribution in [0.3, 0.4) is 0 Å². The maximum Gasteiger partial charge on any atom is 0.434 e. The average molecular weight is 330 g/mol. The maximum atomic E-state index is 12.3. The molecule has 1 atom stereocenters. The third kappa shape index (κ3) is 5.54. The fourth-order valence-electron chi connectivity index (χ4n) is 2.45. The summed E-state index contributed by atoms with van der Waals surface area (Å²) in [6, 6.07) is 0. The van der Waals surface area contributed by atoms with Gasteiger partial charge in [-0.2, -0.15) is 5.06 Å². The van der Waals surface area contributed by atoms with Crippen molar-refractivity contribution < 1.29 is 29.0 Å². The van der Waals surface area contributed by atoms with Crippen molar-refractivity contribution in [1.82, 2.24) is 9.96 Å². The van der Waals surface area contributed by atoms with Crippen LogP contribution in [0.4, 0.5) is 9.59 Å². The summed E-state index contributed by atoms with van der Waals surface area (Å²) < 4.78 is 11.0. The van der Waals surface area contributed by atoms with Crippen LogP contribution >= 0.6 is 0 Å². The molecule has 2 amide bonds. The maximum absolute atomic E-state index is 12.3. The van der Waals surface area contributed by atoms with Crippen LogP contribution in [0.25, 0.3) is 0 Å². The zero-order valence-electron chi connectivity index (χ0n) is 14.0. The summed E-state index contributed by atoms with van der Waals surface area (Å²) in [5.74, 6) is 0. The molecule has 0 saturated carbocycles. The van der Waals surface area contributed by atoms with Gasteiger partial charge in [0, 0.05) is 6.61 Å². The third-order valence-electron chi connectivity index (χ3n) is 3.64. The average Bonchev–Trinajstić information content (AvgIpc) is 2.39. The minimum atomic E-state index is -0.982. The molecule has 2 rings (SSSR count). The lowest BCUT2D eigenvalue weighted by atomic mass is 10.1. The molecule has 23 heavy (non-hydrogen) atoms. The van der Waals surface area contributed by atoms with Crippen molar-refractivity contribution >= 4 is 12.2 Å². The molecule has 0 aliphatic carbocycles. The van der Waals surface area contributed by atoms with Crippen molar-refractivity contribution in [2.45, 2.75) is 57.8 Å². The second kappa shape index (κ2) is 7.35. The molecule has 2 fully saturated rings. The SMILES string of the molecule is CC(C)(C)OC(=O)N(CC1CCCCO1)OC1CN(C(=O)O)C1. The summed E-state index contributed by atoms with van der Waals surface area (Å²) in [4.78, 5) is 30.0. The van der Waals surface area contributed by atoms with Gasteiger partial charge in [-0.1, -0.05) is 0 Å². The number of likely N-dealkylation sites (tertiary alicyclic amines) is 1. The quantitative estimate of drug-likeness (QED) is 0.794. The fraction of sp³-hybridized carbons (Fsp3) is 0.867. The van der Waals surface area contributed by atoms with E-state index in [1.54, 1.807) is 20.8 Å². The van der Waals surface area contributed by atoms with Crippen LogP contribution in [0.1, 0.15) is 40.0 Å². The highest BCUT2D eigenvalue weighted by molar-refractivity contribution is 5.67. The van der Waals surface area contributed by atoms with Crippen molar-refractivity contribution in [1.29, 1.82) is 0 Å². The first-order valence-electron chi connectivity index (χ1n) is 8.01. The molecule has 0 radical (unpaired) electrons. The number of ether oxygens (including phenoxy) is 2. The van der Waals surface area contributed by atoms with Gasteiger partial charge in [-0.15, -0.1) is 0 Å². The van der Waals surface area contributed by atoms with E-state index >= 15 is 0 Å². The molecule has 1 N–H and O–H groups in total. The van der Waals surface area contributed by atoms with Crippen LogP contribution in [-0.4, -0.2) is 71.3 Å². The van der Waals surface area contributed by atoms with Crippen LogP contribution in [0.2, 0.25) is 0 Å². The second-order valence-electron chi connectivity index (χ2n) is 6.94. The van der Waals surface area contributed by atoms with E-state index in [2.05, 4.69) is 0 Å². The van der Waals surface area contributed by atoms with E-state index in [0.29, 0.717) is 13.2 Å². The van der Waals surface area contributed by atoms with Gasteiger partial charge >= 0.3 is 12.2 Å². The zero-order valence-corrected chi connectivity index (χ0v) is 14.0. The highest BCUT2D eigenvalue weighted by Gasteiger charge is 2.36. The van der Waals surface area contributed by atoms with E-state index in [1.807, 2.05) is 0 Å². The Balaban J connectivity index is 1.90. The summed E-state index contributed by atoms with van der Waals surface area (Å²) in [5, 5.41) is 10.0. The third-order valence-corrected chi connectivity index (χ3v) is 3.64. The number of hydrogen-bond acceptors (Lipinski definition) is 5. The van der Waals surface area contributed by atoms with E-state index in [0.717, 1.165) is 19.3 Å². The molecule has 1 unspecified atom stereocenters. The minimum Gasteiger partial charge on any atom is -0.465 e. The molecule has 0 aromatic heterocycles. The highest BCUT2D eigenvalue weighted by Crippen LogP contribution is 2.20. The molecule has 0 spiro atoms. The standard InChI is InChI=1S/C15H26N2O6/c1-15(2,3)22-14(20)17(10-11-6-4-5-7-21-11)23-12-8-16(9-12)13(18)19/h11-12H,4-10H2,1-3H3,(H,18,19). The molecule has 8 heteroatoms. The van der Waals surface area contributed by atoms with Crippen molar-refractivity contribution in [2.24, 2.45) is 0 Å². The number of nitrogens with zero attached hydrogens (tertiary/aromatic N) is 2. The van der Waals surface area contributed by atoms with Crippen LogP contribution < -0.4 is 0 Å². The van der Waals surface area contributed by atoms with Gasteiger partial charge in [-0.3, -0.25) is 4.84 Å². The van der Waals surface area contributed by atoms with E-state index in [4.69, 9.17) is 19.4 Å². The first-order valence-corrected chi connectivity index (χ1v) is 8.01. The van der Waals surface area contributed by atoms with Gasteiger partial charge in [-0.05, 0) is 40.0 Å². The Morgan fingerprint density at radius 2 is 2.00 bits per heavy atom. The summed E-state index contributed by atoms with van der Waals surface area (Å²) in [6.07, 6.45) is 0.997. The largest absolute Gasteiger partial charge is 0.465 e. The molecule has 2 aliphatic rings. The lowest BCUT2D eigenvalue weighted by Crippen LogP contribution is -2.57. The number of carbonyl (C=O) groups is 2. The number of carboxylic acid groups (broad SMARTS) is 1. The Kier molecular flexibility index (Phi) is 5.69. The summed E-state index contributed by atoms with van der Waals surface area (Å²) in [7, 11) is 0. The van der Waals surface area contributed by atoms with E-state index in [9.17, 15) is 9.59 Å². The van der Waals surface area contributed by atoms with Crippen molar-refractivity contribution in [3.63, 3.8) is 0 Å². The Labute approximate surface area is 136 Å². The molecular weight excluding hydrogens is 304 g/mol. The molecule has 2 saturated heterocycles. The summed E-state index contributed by atoms with van der Waals surface area (Å²) in [6.45, 7) is 6.84. The van der Waals surface area contributed by atoms with Crippen LogP contribution in [0.5, 0.6) is 0 Å². The Morgan fingerprint density at radius 3 is 2.52 bits per heavy atom. The Hall–Kier alpha value is -1.54. The number of rotatable bonds is 4. The van der Waals surface area contributed by atoms with Crippen molar-refractivity contribution in [3.8, 4) is 0 Å². The predicted octanol–water partition coefficient (Wildman–Crippen LogP) is 2.09. The van der Waals surface area contributed by atoms with E-state index in [-0.39, 0.29) is 25.3 Å². The monoisotopic (exact) mass is 330 g/mol. The first-order chi connectivity index (χ1) is 10.7. The normalized spacial score (nSPS) is 22.4. The lowest BCUT2D eigenvalue weighted by Gasteiger charge is -2.40. The summed E-state index contributed by atoms with van der Waals surface area (Å²) in [5.41, 5.74) is -0.626. The molecule has 0 bridgehead atoms. The van der Waals surface area contributed by atoms with Crippen molar-refractivity contribution in [3.05, 3.63) is 0 Å². The lowest BCUT2D eigenvalue weighted by molar-refractivity contribution is -0.221. The molecule has 0 aromatic carbocycles. The smallest absolute Gasteiger partial charge is 0.434 e. The predicted molar refractivity (Wildman–Crippen MR) is 81.0 cm³/mol. The van der Waals surface area contributed by atoms with Gasteiger partial charge in [0.15, 0.2) is 0 Å². The van der Waals surface area contributed by atoms with Crippen LogP contribution in [0.15, 0.2) is 0 Å². The first kappa shape index (κ1) is 17.8. The van der Waals surface area contributed by atoms with Crippen LogP contribution in [0, 0.1) is 0 Å². The van der Waals surface area contributed by atoms with Gasteiger partial charge in [0.2, 0.25) is 0 Å². The minimum absolute atomic E-state index is 0.0769. The molecular formula is C15H26N2O6. The van der Waals surface area contributed by atoms with Gasteiger partial charge < -0.3 is 19.5 Å². The molecule has 0 aromatic rings. The van der Waals surface area contributed by atoms with Gasteiger partial charge in [0.25, 0.3) is 0 Å². The van der Waals surface area contributed by atoms with Crippen molar-refractivity contribution in [2.75, 3.05) is 26.2 Å². The van der Waals surface area contributed by atoms with E-state index in [1.165, 1.54) is 9.96 Å². The van der Waals surface area contributed by atoms with Gasteiger partial charge in [-0.25, -0.2) is 9.59 Å². The fourth-order valence-corrected chi connectivity index (χ4v) is 2.45. The zero-order chi connectivity index (χ0) is 17.0. The number of hydrogen-bond donors (Lipinski definition) is 1. The Morgan fingerprint density at radius 1 is 1.30 bits per heavy atom. The summed E-state index contributed by atoms with van der Waals surface area (Å²) >= 11 is 0. The van der Waals surface area contributed by atoms with E-state index < -0.39 is 17.8 Å². The topological polar surface area (TPSA) is 88.5 Å². The molecule has 2 aliphatic heterocycles. The number of hydroxylamine groups is 2. The van der Waals surface area contributed by atoms with Crippen LogP contribution in [-0.2, 0) is 14.3 Å². The van der Waals surface area contributed by atoms with Gasteiger partial charge in [0.05, 0.1) is 25.7 Å². The number of carbonyl (C=O) groups excluding carboxylic acids is 1. The number of amides is 2.